The van der Waals surface area contributed by atoms with Crippen LogP contribution < -0.4 is 16.0 Å². The number of hydrogen-bond acceptors (Lipinski definition) is 4. The quantitative estimate of drug-likeness (QED) is 0.542. The van der Waals surface area contributed by atoms with Crippen molar-refractivity contribution in [1.82, 2.24) is 5.32 Å². The van der Waals surface area contributed by atoms with Crippen LogP contribution >= 0.6 is 0 Å². The molecule has 3 N–H and O–H groups in total. The number of benzene rings is 1. The van der Waals surface area contributed by atoms with Gasteiger partial charge in [-0.05, 0) is 12.1 Å². The van der Waals surface area contributed by atoms with Crippen LogP contribution in [0, 0.1) is 0 Å². The summed E-state index contributed by atoms with van der Waals surface area (Å²) in [6.07, 6.45) is 0. The van der Waals surface area contributed by atoms with Gasteiger partial charge in [0.15, 0.2) is 0 Å². The van der Waals surface area contributed by atoms with E-state index in [0.29, 0.717) is 17.9 Å². The number of carbonyl (C=O) groups excluding carboxylic acids is 1. The Morgan fingerprint density at radius 3 is 2.87 bits per heavy atom. The topological polar surface area (TPSA) is 73.6 Å². The van der Waals surface area contributed by atoms with Crippen molar-refractivity contribution in [2.24, 2.45) is 5.90 Å². The lowest BCUT2D eigenvalue weighted by atomic mass is 10.2. The molecule has 0 spiro atoms. The molecule has 0 aromatic heterocycles. The third kappa shape index (κ3) is 3.23. The number of carbonyl (C=O) groups is 1. The molecule has 0 saturated carbocycles. The second-order valence-electron chi connectivity index (χ2n) is 2.83. The number of amides is 1. The van der Waals surface area contributed by atoms with Crippen molar-refractivity contribution < 1.29 is 14.4 Å². The highest BCUT2D eigenvalue weighted by molar-refractivity contribution is 5.96. The number of hydrogen-bond donors (Lipinski definition) is 2. The molecule has 0 aliphatic heterocycles. The molecule has 0 fully saturated rings. The van der Waals surface area contributed by atoms with Crippen LogP contribution in [-0.2, 0) is 4.84 Å². The highest BCUT2D eigenvalue weighted by atomic mass is 16.6. The maximum absolute atomic E-state index is 11.6. The van der Waals surface area contributed by atoms with Crippen molar-refractivity contribution in [3.05, 3.63) is 29.8 Å². The minimum atomic E-state index is -0.204. The number of rotatable bonds is 5. The van der Waals surface area contributed by atoms with Crippen LogP contribution in [0.25, 0.3) is 0 Å². The van der Waals surface area contributed by atoms with Crippen molar-refractivity contribution in [3.63, 3.8) is 0 Å². The lowest BCUT2D eigenvalue weighted by Gasteiger charge is -2.08. The zero-order valence-electron chi connectivity index (χ0n) is 8.53. The molecule has 5 heteroatoms. The Morgan fingerprint density at radius 1 is 1.47 bits per heavy atom. The summed E-state index contributed by atoms with van der Waals surface area (Å²) in [5.41, 5.74) is 0.497. The second-order valence-corrected chi connectivity index (χ2v) is 2.83. The van der Waals surface area contributed by atoms with E-state index in [4.69, 9.17) is 10.6 Å². The lowest BCUT2D eigenvalue weighted by molar-refractivity contribution is 0.0914. The molecule has 1 aromatic carbocycles. The van der Waals surface area contributed by atoms with Gasteiger partial charge in [-0.2, -0.15) is 0 Å². The summed E-state index contributed by atoms with van der Waals surface area (Å²) in [6.45, 7) is 0.647. The molecule has 0 unspecified atom stereocenters. The molecule has 15 heavy (non-hydrogen) atoms. The van der Waals surface area contributed by atoms with Gasteiger partial charge >= 0.3 is 0 Å². The minimum absolute atomic E-state index is 0.204. The van der Waals surface area contributed by atoms with Gasteiger partial charge in [0.2, 0.25) is 0 Å². The molecule has 0 saturated heterocycles. The van der Waals surface area contributed by atoms with Crippen molar-refractivity contribution in [1.29, 1.82) is 0 Å². The summed E-state index contributed by atoms with van der Waals surface area (Å²) in [6, 6.07) is 7.00. The van der Waals surface area contributed by atoms with Gasteiger partial charge in [-0.3, -0.25) is 4.79 Å². The average Bonchev–Trinajstić information content (AvgIpc) is 2.29. The Hall–Kier alpha value is -1.59. The lowest BCUT2D eigenvalue weighted by Crippen LogP contribution is -2.28. The fourth-order valence-corrected chi connectivity index (χ4v) is 1.15. The summed E-state index contributed by atoms with van der Waals surface area (Å²) < 4.78 is 5.06. The van der Waals surface area contributed by atoms with Crippen LogP contribution in [0.3, 0.4) is 0 Å². The van der Waals surface area contributed by atoms with Crippen LogP contribution in [0.4, 0.5) is 0 Å². The van der Waals surface area contributed by atoms with Gasteiger partial charge in [-0.15, -0.1) is 0 Å². The van der Waals surface area contributed by atoms with Crippen LogP contribution in [0.2, 0.25) is 0 Å². The van der Waals surface area contributed by atoms with Gasteiger partial charge < -0.3 is 14.9 Å². The molecule has 1 amide bonds. The Bertz CT molecular complexity index is 328. The highest BCUT2D eigenvalue weighted by Gasteiger charge is 2.09. The largest absolute Gasteiger partial charge is 0.496 e. The van der Waals surface area contributed by atoms with Crippen LogP contribution in [-0.4, -0.2) is 26.2 Å². The standard InChI is InChI=1S/C10H14N2O3/c1-14-9-5-3-2-4-8(9)10(13)12-6-7-15-11/h2-5H,6-7,11H2,1H3,(H,12,13). The minimum Gasteiger partial charge on any atom is -0.496 e. The first-order valence-electron chi connectivity index (χ1n) is 4.52. The van der Waals surface area contributed by atoms with Crippen LogP contribution in [0.5, 0.6) is 5.75 Å². The number of nitrogens with one attached hydrogen (secondary N) is 1. The first-order chi connectivity index (χ1) is 7.29. The SMILES string of the molecule is COc1ccccc1C(=O)NCCON. The van der Waals surface area contributed by atoms with Crippen molar-refractivity contribution >= 4 is 5.91 Å². The van der Waals surface area contributed by atoms with Gasteiger partial charge in [0.1, 0.15) is 5.75 Å². The van der Waals surface area contributed by atoms with E-state index in [1.807, 2.05) is 0 Å². The fourth-order valence-electron chi connectivity index (χ4n) is 1.15. The normalized spacial score (nSPS) is 9.73. The molecule has 5 nitrogen and oxygen atoms in total. The highest BCUT2D eigenvalue weighted by Crippen LogP contribution is 2.16. The summed E-state index contributed by atoms with van der Waals surface area (Å²) in [7, 11) is 1.52. The van der Waals surface area contributed by atoms with Gasteiger partial charge in [0.25, 0.3) is 5.91 Å². The Labute approximate surface area is 88.1 Å². The Balaban J connectivity index is 2.64. The van der Waals surface area contributed by atoms with Crippen molar-refractivity contribution in [2.45, 2.75) is 0 Å². The molecule has 0 atom stereocenters. The first-order valence-corrected chi connectivity index (χ1v) is 4.52. The number of para-hydroxylation sites is 1. The third-order valence-corrected chi connectivity index (χ3v) is 1.86. The predicted molar refractivity (Wildman–Crippen MR) is 55.5 cm³/mol. The Kier molecular flexibility index (Phi) is 4.59. The van der Waals surface area contributed by atoms with E-state index in [1.165, 1.54) is 7.11 Å². The zero-order chi connectivity index (χ0) is 11.1. The van der Waals surface area contributed by atoms with Crippen LogP contribution in [0.1, 0.15) is 10.4 Å². The first kappa shape index (κ1) is 11.5. The van der Waals surface area contributed by atoms with E-state index in [2.05, 4.69) is 10.2 Å². The van der Waals surface area contributed by atoms with E-state index < -0.39 is 0 Å². The molecule has 0 heterocycles. The second kappa shape index (κ2) is 6.00. The fraction of sp³-hybridized carbons (Fsp3) is 0.300. The summed E-state index contributed by atoms with van der Waals surface area (Å²) in [5, 5.41) is 2.65. The monoisotopic (exact) mass is 210 g/mol. The zero-order valence-corrected chi connectivity index (χ0v) is 8.53. The maximum atomic E-state index is 11.6. The molecule has 0 aliphatic rings. The predicted octanol–water partition coefficient (Wildman–Crippen LogP) is 0.315. The molecule has 1 aromatic rings. The summed E-state index contributed by atoms with van der Waals surface area (Å²) in [4.78, 5) is 16.0. The Morgan fingerprint density at radius 2 is 2.20 bits per heavy atom. The maximum Gasteiger partial charge on any atom is 0.255 e. The molecular formula is C10H14N2O3. The number of nitrogens with two attached hydrogens (primary N) is 1. The van der Waals surface area contributed by atoms with Crippen LogP contribution in [0.15, 0.2) is 24.3 Å². The van der Waals surface area contributed by atoms with E-state index in [0.717, 1.165) is 0 Å². The molecule has 1 rings (SSSR count). The van der Waals surface area contributed by atoms with Gasteiger partial charge in [0.05, 0.1) is 19.3 Å². The third-order valence-electron chi connectivity index (χ3n) is 1.86. The van der Waals surface area contributed by atoms with Crippen molar-refractivity contribution in [2.75, 3.05) is 20.3 Å². The molecular weight excluding hydrogens is 196 g/mol. The van der Waals surface area contributed by atoms with Gasteiger partial charge in [-0.25, -0.2) is 5.90 Å². The number of methoxy groups -OCH3 is 1. The van der Waals surface area contributed by atoms with Gasteiger partial charge in [-0.1, -0.05) is 12.1 Å². The van der Waals surface area contributed by atoms with E-state index in [9.17, 15) is 4.79 Å². The van der Waals surface area contributed by atoms with E-state index in [1.54, 1.807) is 24.3 Å². The molecule has 0 bridgehead atoms. The van der Waals surface area contributed by atoms with E-state index >= 15 is 0 Å². The van der Waals surface area contributed by atoms with E-state index in [-0.39, 0.29) is 12.5 Å². The summed E-state index contributed by atoms with van der Waals surface area (Å²) >= 11 is 0. The smallest absolute Gasteiger partial charge is 0.255 e. The summed E-state index contributed by atoms with van der Waals surface area (Å²) in [5.74, 6) is 5.17. The molecule has 82 valence electrons. The molecule has 0 aliphatic carbocycles. The molecule has 0 radical (unpaired) electrons. The van der Waals surface area contributed by atoms with Crippen molar-refractivity contribution in [3.8, 4) is 5.75 Å². The number of ether oxygens (including phenoxy) is 1. The average molecular weight is 210 g/mol. The van der Waals surface area contributed by atoms with Gasteiger partial charge in [0, 0.05) is 6.54 Å².